The lowest BCUT2D eigenvalue weighted by Gasteiger charge is -2.27. The topological polar surface area (TPSA) is 86.0 Å². The van der Waals surface area contributed by atoms with Gasteiger partial charge in [0.05, 0.1) is 35.8 Å². The molecular formula is C24H20BrNO6. The van der Waals surface area contributed by atoms with Crippen LogP contribution in [0.15, 0.2) is 56.1 Å². The van der Waals surface area contributed by atoms with Gasteiger partial charge in [-0.25, -0.2) is 4.79 Å². The molecule has 5 rings (SSSR count). The molecule has 0 saturated carbocycles. The van der Waals surface area contributed by atoms with Gasteiger partial charge in [0.25, 0.3) is 5.91 Å². The molecule has 1 aromatic heterocycles. The van der Waals surface area contributed by atoms with Crippen molar-refractivity contribution in [3.05, 3.63) is 79.6 Å². The van der Waals surface area contributed by atoms with E-state index in [-0.39, 0.29) is 23.2 Å². The average Bonchev–Trinajstić information content (AvgIpc) is 3.41. The number of carbonyl (C=O) groups is 2. The molecule has 3 aromatic rings. The summed E-state index contributed by atoms with van der Waals surface area (Å²) in [6.07, 6.45) is 1.70. The van der Waals surface area contributed by atoms with Gasteiger partial charge in [0, 0.05) is 17.6 Å². The van der Waals surface area contributed by atoms with Crippen molar-refractivity contribution in [2.24, 2.45) is 0 Å². The van der Waals surface area contributed by atoms with Crippen molar-refractivity contribution in [3.8, 4) is 0 Å². The lowest BCUT2D eigenvalue weighted by molar-refractivity contribution is 0.0486. The van der Waals surface area contributed by atoms with Crippen molar-refractivity contribution in [2.75, 3.05) is 20.3 Å². The summed E-state index contributed by atoms with van der Waals surface area (Å²) in [4.78, 5) is 40.4. The molecule has 8 heteroatoms. The predicted octanol–water partition coefficient (Wildman–Crippen LogP) is 4.07. The molecule has 2 aliphatic rings. The predicted molar refractivity (Wildman–Crippen MR) is 120 cm³/mol. The Hall–Kier alpha value is -2.97. The first kappa shape index (κ1) is 20.9. The van der Waals surface area contributed by atoms with E-state index in [1.54, 1.807) is 47.4 Å². The lowest BCUT2D eigenvalue weighted by Crippen LogP contribution is -2.36. The van der Waals surface area contributed by atoms with Crippen LogP contribution in [-0.2, 0) is 9.47 Å². The summed E-state index contributed by atoms with van der Waals surface area (Å²) in [5.41, 5.74) is 1.53. The molecule has 0 spiro atoms. The number of methoxy groups -OCH3 is 1. The second-order valence-corrected chi connectivity index (χ2v) is 8.84. The molecule has 0 aliphatic carbocycles. The Morgan fingerprint density at radius 2 is 1.97 bits per heavy atom. The molecule has 32 heavy (non-hydrogen) atoms. The van der Waals surface area contributed by atoms with Gasteiger partial charge < -0.3 is 18.8 Å². The van der Waals surface area contributed by atoms with E-state index in [1.165, 1.54) is 7.11 Å². The van der Waals surface area contributed by atoms with E-state index in [2.05, 4.69) is 15.9 Å². The standard InChI is InChI=1S/C24H20BrNO6/c1-30-24(29)14-6-4-13(5-7-14)20-19-21(27)17-11-15(25)8-9-18(17)32-22(19)23(28)26(20)12-16-3-2-10-31-16/h4-9,11,16,20H,2-3,10,12H2,1H3. The van der Waals surface area contributed by atoms with E-state index in [0.717, 1.165) is 17.3 Å². The highest BCUT2D eigenvalue weighted by Gasteiger charge is 2.44. The second-order valence-electron chi connectivity index (χ2n) is 7.92. The summed E-state index contributed by atoms with van der Waals surface area (Å²) >= 11 is 3.40. The third-order valence-electron chi connectivity index (χ3n) is 6.00. The number of benzene rings is 2. The van der Waals surface area contributed by atoms with E-state index < -0.39 is 12.0 Å². The van der Waals surface area contributed by atoms with Crippen LogP contribution in [0.2, 0.25) is 0 Å². The van der Waals surface area contributed by atoms with Crippen LogP contribution in [0.3, 0.4) is 0 Å². The number of rotatable bonds is 4. The van der Waals surface area contributed by atoms with E-state index in [0.29, 0.717) is 40.8 Å². The van der Waals surface area contributed by atoms with Crippen LogP contribution < -0.4 is 5.43 Å². The number of amides is 1. The number of esters is 1. The Kier molecular flexibility index (Phi) is 5.35. The zero-order chi connectivity index (χ0) is 22.4. The van der Waals surface area contributed by atoms with Crippen molar-refractivity contribution in [1.82, 2.24) is 4.90 Å². The van der Waals surface area contributed by atoms with Gasteiger partial charge in [-0.05, 0) is 48.7 Å². The number of halogens is 1. The van der Waals surface area contributed by atoms with Crippen LogP contribution in [0.1, 0.15) is 50.9 Å². The fraction of sp³-hybridized carbons (Fsp3) is 0.292. The highest BCUT2D eigenvalue weighted by Crippen LogP contribution is 2.39. The minimum Gasteiger partial charge on any atom is -0.465 e. The van der Waals surface area contributed by atoms with Crippen LogP contribution in [-0.4, -0.2) is 43.1 Å². The molecule has 0 N–H and O–H groups in total. The van der Waals surface area contributed by atoms with Gasteiger partial charge in [-0.15, -0.1) is 0 Å². The summed E-state index contributed by atoms with van der Waals surface area (Å²) < 4.78 is 17.2. The first-order valence-corrected chi connectivity index (χ1v) is 11.1. The maximum absolute atomic E-state index is 13.5. The quantitative estimate of drug-likeness (QED) is 0.505. The number of nitrogens with zero attached hydrogens (tertiary/aromatic N) is 1. The van der Waals surface area contributed by atoms with Gasteiger partial charge in [-0.3, -0.25) is 9.59 Å². The first-order valence-electron chi connectivity index (χ1n) is 10.3. The molecule has 164 valence electrons. The summed E-state index contributed by atoms with van der Waals surface area (Å²) in [6, 6.07) is 11.3. The van der Waals surface area contributed by atoms with Gasteiger partial charge in [0.1, 0.15) is 5.58 Å². The van der Waals surface area contributed by atoms with E-state index in [1.807, 2.05) is 0 Å². The summed E-state index contributed by atoms with van der Waals surface area (Å²) in [6.45, 7) is 1.01. The minimum absolute atomic E-state index is 0.0601. The number of ether oxygens (including phenoxy) is 2. The molecule has 7 nitrogen and oxygen atoms in total. The van der Waals surface area contributed by atoms with E-state index >= 15 is 0 Å². The number of hydrogen-bond donors (Lipinski definition) is 0. The fourth-order valence-corrected chi connectivity index (χ4v) is 4.82. The monoisotopic (exact) mass is 497 g/mol. The highest BCUT2D eigenvalue weighted by atomic mass is 79.9. The lowest BCUT2D eigenvalue weighted by atomic mass is 9.97. The third kappa shape index (κ3) is 3.43. The van der Waals surface area contributed by atoms with Crippen molar-refractivity contribution in [2.45, 2.75) is 25.0 Å². The SMILES string of the molecule is COC(=O)c1ccc(C2c3c(oc4ccc(Br)cc4c3=O)C(=O)N2CC2CCCO2)cc1. The highest BCUT2D eigenvalue weighted by molar-refractivity contribution is 9.10. The number of carbonyl (C=O) groups excluding carboxylic acids is 2. The minimum atomic E-state index is -0.631. The average molecular weight is 498 g/mol. The van der Waals surface area contributed by atoms with E-state index in [9.17, 15) is 14.4 Å². The molecule has 1 saturated heterocycles. The van der Waals surface area contributed by atoms with Crippen molar-refractivity contribution in [1.29, 1.82) is 0 Å². The van der Waals surface area contributed by atoms with Crippen molar-refractivity contribution in [3.63, 3.8) is 0 Å². The van der Waals surface area contributed by atoms with Gasteiger partial charge in [-0.1, -0.05) is 28.1 Å². The molecule has 2 aliphatic heterocycles. The van der Waals surface area contributed by atoms with Gasteiger partial charge in [0.2, 0.25) is 5.76 Å². The first-order chi connectivity index (χ1) is 15.5. The Morgan fingerprint density at radius 1 is 1.19 bits per heavy atom. The van der Waals surface area contributed by atoms with Gasteiger partial charge >= 0.3 is 5.97 Å². The second kappa shape index (κ2) is 8.18. The number of hydrogen-bond acceptors (Lipinski definition) is 6. The zero-order valence-electron chi connectivity index (χ0n) is 17.3. The molecule has 2 unspecified atom stereocenters. The van der Waals surface area contributed by atoms with Gasteiger partial charge in [-0.2, -0.15) is 0 Å². The Balaban J connectivity index is 1.66. The summed E-state index contributed by atoms with van der Waals surface area (Å²) in [5, 5.41) is 0.404. The molecule has 1 fully saturated rings. The van der Waals surface area contributed by atoms with E-state index in [4.69, 9.17) is 13.9 Å². The van der Waals surface area contributed by atoms with Crippen LogP contribution >= 0.6 is 15.9 Å². The number of fused-ring (bicyclic) bond motifs is 2. The molecule has 0 bridgehead atoms. The maximum atomic E-state index is 13.5. The Bertz CT molecular complexity index is 1280. The van der Waals surface area contributed by atoms with Gasteiger partial charge in [0.15, 0.2) is 5.43 Å². The molecule has 1 amide bonds. The zero-order valence-corrected chi connectivity index (χ0v) is 18.9. The molecule has 3 heterocycles. The third-order valence-corrected chi connectivity index (χ3v) is 6.49. The molecule has 0 radical (unpaired) electrons. The van der Waals surface area contributed by atoms with Crippen LogP contribution in [0.25, 0.3) is 11.0 Å². The van der Waals surface area contributed by atoms with Crippen LogP contribution in [0, 0.1) is 0 Å². The maximum Gasteiger partial charge on any atom is 0.337 e. The molecular weight excluding hydrogens is 478 g/mol. The smallest absolute Gasteiger partial charge is 0.337 e. The van der Waals surface area contributed by atoms with Crippen molar-refractivity contribution >= 4 is 38.8 Å². The Morgan fingerprint density at radius 3 is 2.66 bits per heavy atom. The largest absolute Gasteiger partial charge is 0.465 e. The summed E-state index contributed by atoms with van der Waals surface area (Å²) in [5.74, 6) is -0.727. The summed E-state index contributed by atoms with van der Waals surface area (Å²) in [7, 11) is 1.32. The fourth-order valence-electron chi connectivity index (χ4n) is 4.45. The van der Waals surface area contributed by atoms with Crippen LogP contribution in [0.5, 0.6) is 0 Å². The Labute approximate surface area is 192 Å². The van der Waals surface area contributed by atoms with Crippen molar-refractivity contribution < 1.29 is 23.5 Å². The molecule has 2 aromatic carbocycles. The molecule has 2 atom stereocenters. The normalized spacial score (nSPS) is 20.1. The van der Waals surface area contributed by atoms with Crippen LogP contribution in [0.4, 0.5) is 0 Å².